The average molecular weight is 473 g/mol. The smallest absolute Gasteiger partial charge is 0.0752 e. The van der Waals surface area contributed by atoms with Crippen LogP contribution in [0.1, 0.15) is 9.75 Å². The van der Waals surface area contributed by atoms with Crippen LogP contribution in [-0.4, -0.2) is 22.8 Å². The number of aliphatic imine (C=N–C) groups is 4. The highest BCUT2D eigenvalue weighted by Crippen LogP contribution is 2.43. The molecule has 4 nitrogen and oxygen atoms in total. The van der Waals surface area contributed by atoms with Gasteiger partial charge < -0.3 is 0 Å². The zero-order valence-electron chi connectivity index (χ0n) is 17.8. The third-order valence-electron chi connectivity index (χ3n) is 5.75. The molecule has 0 amide bonds. The zero-order chi connectivity index (χ0) is 22.5. The Hall–Kier alpha value is -4.00. The molecule has 7 heterocycles. The SMILES string of the molecule is C1=CC2=NC1=CC1=NC(=CC3=NC(=CC4=NC(=C2)C=C4)C(c2cccs2)=C3c2cccs2)C=C1. The number of nitrogens with zero attached hydrogens (tertiary/aromatic N) is 4. The molecule has 7 rings (SSSR count). The minimum absolute atomic E-state index is 0.880. The zero-order valence-corrected chi connectivity index (χ0v) is 19.5. The predicted octanol–water partition coefficient (Wildman–Crippen LogP) is 6.76. The molecule has 160 valence electrons. The van der Waals surface area contributed by atoms with E-state index in [0.717, 1.165) is 56.8 Å². The minimum atomic E-state index is 0.880. The first-order valence-corrected chi connectivity index (χ1v) is 12.6. The summed E-state index contributed by atoms with van der Waals surface area (Å²) < 4.78 is 0. The van der Waals surface area contributed by atoms with Crippen molar-refractivity contribution in [2.75, 3.05) is 0 Å². The minimum Gasteiger partial charge on any atom is -0.249 e. The summed E-state index contributed by atoms with van der Waals surface area (Å²) in [5, 5.41) is 4.22. The summed E-state index contributed by atoms with van der Waals surface area (Å²) in [5.41, 5.74) is 9.40. The molecule has 0 fully saturated rings. The maximum atomic E-state index is 5.12. The molecule has 0 unspecified atom stereocenters. The summed E-state index contributed by atoms with van der Waals surface area (Å²) in [7, 11) is 0. The number of fused-ring (bicyclic) bond motifs is 4. The van der Waals surface area contributed by atoms with Crippen LogP contribution in [0.5, 0.6) is 0 Å². The Kier molecular flexibility index (Phi) is 4.46. The third kappa shape index (κ3) is 3.44. The van der Waals surface area contributed by atoms with Gasteiger partial charge >= 0.3 is 0 Å². The van der Waals surface area contributed by atoms with Crippen LogP contribution in [0.3, 0.4) is 0 Å². The van der Waals surface area contributed by atoms with E-state index in [2.05, 4.69) is 47.2 Å². The quantitative estimate of drug-likeness (QED) is 0.464. The van der Waals surface area contributed by atoms with Gasteiger partial charge in [0.05, 0.1) is 45.6 Å². The van der Waals surface area contributed by atoms with E-state index in [1.165, 1.54) is 9.75 Å². The lowest BCUT2D eigenvalue weighted by Gasteiger charge is -2.06. The number of rotatable bonds is 2. The summed E-state index contributed by atoms with van der Waals surface area (Å²) in [6.45, 7) is 0. The van der Waals surface area contributed by atoms with Gasteiger partial charge in [0.25, 0.3) is 0 Å². The Bertz CT molecular complexity index is 1600. The standard InChI is InChI=1S/C28H16N4S2/c1-3-25(33-11-1)27-23-15-21-9-7-19(30-21)13-17-5-6-18(29-17)14-20-8-10-22(31-20)16-24(32-23)28(27)26-4-2-12-34-26/h1-16H. The Balaban J connectivity index is 1.48. The van der Waals surface area contributed by atoms with Crippen LogP contribution in [-0.2, 0) is 0 Å². The topological polar surface area (TPSA) is 49.4 Å². The van der Waals surface area contributed by atoms with E-state index in [4.69, 9.17) is 20.0 Å². The molecular formula is C28H16N4S2. The van der Waals surface area contributed by atoms with E-state index in [9.17, 15) is 0 Å². The lowest BCUT2D eigenvalue weighted by atomic mass is 10.00. The molecule has 0 saturated carbocycles. The van der Waals surface area contributed by atoms with Gasteiger partial charge in [-0.05, 0) is 83.7 Å². The Morgan fingerprint density at radius 1 is 0.500 bits per heavy atom. The van der Waals surface area contributed by atoms with E-state index >= 15 is 0 Å². The van der Waals surface area contributed by atoms with Crippen LogP contribution in [0.2, 0.25) is 0 Å². The highest BCUT2D eigenvalue weighted by Gasteiger charge is 2.27. The third-order valence-corrected chi connectivity index (χ3v) is 7.52. The van der Waals surface area contributed by atoms with Crippen molar-refractivity contribution in [1.29, 1.82) is 0 Å². The second kappa shape index (κ2) is 7.80. The van der Waals surface area contributed by atoms with E-state index in [0.29, 0.717) is 0 Å². The lowest BCUT2D eigenvalue weighted by molar-refractivity contribution is 1.41. The first-order valence-electron chi connectivity index (χ1n) is 10.9. The van der Waals surface area contributed by atoms with Gasteiger partial charge in [-0.1, -0.05) is 12.1 Å². The van der Waals surface area contributed by atoms with Gasteiger partial charge in [0.1, 0.15) is 0 Å². The van der Waals surface area contributed by atoms with Gasteiger partial charge in [0, 0.05) is 20.9 Å². The second-order valence-corrected chi connectivity index (χ2v) is 9.94. The van der Waals surface area contributed by atoms with Crippen LogP contribution in [0.25, 0.3) is 11.1 Å². The van der Waals surface area contributed by atoms with Crippen LogP contribution in [0.15, 0.2) is 139 Å². The van der Waals surface area contributed by atoms with Gasteiger partial charge in [0.15, 0.2) is 0 Å². The average Bonchev–Trinajstić information content (AvgIpc) is 3.65. The Labute approximate surface area is 204 Å². The molecule has 5 aliphatic rings. The normalized spacial score (nSPS) is 20.1. The maximum Gasteiger partial charge on any atom is 0.0752 e. The fourth-order valence-corrected chi connectivity index (χ4v) is 5.87. The van der Waals surface area contributed by atoms with E-state index < -0.39 is 0 Å². The van der Waals surface area contributed by atoms with Crippen molar-refractivity contribution in [3.05, 3.63) is 128 Å². The second-order valence-electron chi connectivity index (χ2n) is 8.05. The Morgan fingerprint density at radius 2 is 1.03 bits per heavy atom. The highest BCUT2D eigenvalue weighted by molar-refractivity contribution is 7.12. The van der Waals surface area contributed by atoms with Crippen molar-refractivity contribution in [2.45, 2.75) is 0 Å². The number of thiophene rings is 2. The number of hydrogen-bond acceptors (Lipinski definition) is 6. The summed E-state index contributed by atoms with van der Waals surface area (Å²) in [6.07, 6.45) is 20.3. The molecule has 5 aliphatic heterocycles. The monoisotopic (exact) mass is 472 g/mol. The first kappa shape index (κ1) is 19.5. The van der Waals surface area contributed by atoms with Crippen LogP contribution < -0.4 is 0 Å². The van der Waals surface area contributed by atoms with Crippen LogP contribution >= 0.6 is 22.7 Å². The summed E-state index contributed by atoms with van der Waals surface area (Å²) in [5.74, 6) is 0. The molecule has 2 aromatic rings. The number of hydrogen-bond donors (Lipinski definition) is 0. The van der Waals surface area contributed by atoms with Gasteiger partial charge in [-0.3, -0.25) is 0 Å². The molecule has 8 bridgehead atoms. The van der Waals surface area contributed by atoms with E-state index in [-0.39, 0.29) is 0 Å². The van der Waals surface area contributed by atoms with Crippen LogP contribution in [0.4, 0.5) is 0 Å². The molecule has 2 aromatic heterocycles. The largest absolute Gasteiger partial charge is 0.249 e. The summed E-state index contributed by atoms with van der Waals surface area (Å²) in [6, 6.07) is 8.49. The predicted molar refractivity (Wildman–Crippen MR) is 145 cm³/mol. The van der Waals surface area contributed by atoms with Crippen molar-refractivity contribution in [3.8, 4) is 0 Å². The van der Waals surface area contributed by atoms with Crippen molar-refractivity contribution in [3.63, 3.8) is 0 Å². The lowest BCUT2D eigenvalue weighted by Crippen LogP contribution is -1.96. The highest BCUT2D eigenvalue weighted by atomic mass is 32.1. The van der Waals surface area contributed by atoms with Gasteiger partial charge in [0.2, 0.25) is 0 Å². The van der Waals surface area contributed by atoms with Crippen LogP contribution in [0, 0.1) is 0 Å². The van der Waals surface area contributed by atoms with Gasteiger partial charge in [-0.2, -0.15) is 0 Å². The van der Waals surface area contributed by atoms with Crippen molar-refractivity contribution >= 4 is 56.7 Å². The molecule has 0 aromatic carbocycles. The molecular weight excluding hydrogens is 456 g/mol. The summed E-state index contributed by atoms with van der Waals surface area (Å²) in [4.78, 5) is 21.8. The Morgan fingerprint density at radius 3 is 1.59 bits per heavy atom. The van der Waals surface area contributed by atoms with Gasteiger partial charge in [-0.25, -0.2) is 20.0 Å². The molecule has 0 radical (unpaired) electrons. The van der Waals surface area contributed by atoms with Gasteiger partial charge in [-0.15, -0.1) is 22.7 Å². The fourth-order valence-electron chi connectivity index (χ4n) is 4.30. The molecule has 0 atom stereocenters. The summed E-state index contributed by atoms with van der Waals surface area (Å²) >= 11 is 3.45. The van der Waals surface area contributed by atoms with E-state index in [1.807, 2.05) is 48.6 Å². The molecule has 0 saturated heterocycles. The van der Waals surface area contributed by atoms with Crippen molar-refractivity contribution in [1.82, 2.24) is 0 Å². The van der Waals surface area contributed by atoms with Crippen molar-refractivity contribution < 1.29 is 0 Å². The molecule has 0 N–H and O–H groups in total. The first-order chi connectivity index (χ1) is 16.8. The van der Waals surface area contributed by atoms with E-state index in [1.54, 1.807) is 22.7 Å². The maximum absolute atomic E-state index is 5.12. The van der Waals surface area contributed by atoms with Crippen molar-refractivity contribution in [2.24, 2.45) is 20.0 Å². The fraction of sp³-hybridized carbons (Fsp3) is 0. The molecule has 0 aliphatic carbocycles. The number of allylic oxidation sites excluding steroid dienone is 12. The molecule has 6 heteroatoms. The molecule has 0 spiro atoms. The molecule has 34 heavy (non-hydrogen) atoms.